The Bertz CT molecular complexity index is 1000. The van der Waals surface area contributed by atoms with E-state index in [1.54, 1.807) is 36.3 Å². The van der Waals surface area contributed by atoms with Crippen molar-refractivity contribution >= 4 is 34.7 Å². The van der Waals surface area contributed by atoms with Gasteiger partial charge in [0.15, 0.2) is 0 Å². The second-order valence-electron chi connectivity index (χ2n) is 8.88. The van der Waals surface area contributed by atoms with Gasteiger partial charge < -0.3 is 20.3 Å². The molecule has 1 aliphatic carbocycles. The second kappa shape index (κ2) is 11.4. The fourth-order valence-corrected chi connectivity index (χ4v) is 5.22. The third-order valence-electron chi connectivity index (χ3n) is 6.43. The molecule has 2 aliphatic rings. The van der Waals surface area contributed by atoms with E-state index in [1.165, 1.54) is 12.8 Å². The molecular weight excluding hydrogens is 454 g/mol. The van der Waals surface area contributed by atoms with Gasteiger partial charge in [0.25, 0.3) is 11.8 Å². The molecule has 2 N–H and O–H groups in total. The third-order valence-corrected chi connectivity index (χ3v) is 7.34. The van der Waals surface area contributed by atoms with E-state index in [0.717, 1.165) is 49.9 Å². The fraction of sp³-hybridized carbons (Fsp3) is 0.542. The van der Waals surface area contributed by atoms with Crippen LogP contribution in [0.1, 0.15) is 71.0 Å². The maximum absolute atomic E-state index is 13.0. The minimum Gasteiger partial charge on any atom is -0.497 e. The molecule has 1 aromatic heterocycles. The molecule has 3 amide bonds. The van der Waals surface area contributed by atoms with E-state index in [2.05, 4.69) is 20.8 Å². The van der Waals surface area contributed by atoms with Crippen LogP contribution >= 0.6 is 11.3 Å². The van der Waals surface area contributed by atoms with E-state index in [1.807, 2.05) is 0 Å². The van der Waals surface area contributed by atoms with Crippen LogP contribution in [-0.4, -0.2) is 59.1 Å². The fourth-order valence-electron chi connectivity index (χ4n) is 4.51. The normalized spacial score (nSPS) is 19.2. The summed E-state index contributed by atoms with van der Waals surface area (Å²) in [5, 5.41) is 14.1. The lowest BCUT2D eigenvalue weighted by Gasteiger charge is -2.32. The summed E-state index contributed by atoms with van der Waals surface area (Å²) in [7, 11) is 1.57. The number of nitrogens with one attached hydrogen (secondary N) is 2. The van der Waals surface area contributed by atoms with Crippen LogP contribution in [0.4, 0.5) is 5.69 Å². The van der Waals surface area contributed by atoms with Gasteiger partial charge in [-0.25, -0.2) is 0 Å². The van der Waals surface area contributed by atoms with Crippen LogP contribution in [0.15, 0.2) is 24.3 Å². The maximum atomic E-state index is 13.0. The molecule has 0 bridgehead atoms. The summed E-state index contributed by atoms with van der Waals surface area (Å²) in [6, 6.07) is 7.17. The van der Waals surface area contributed by atoms with E-state index >= 15 is 0 Å². The highest BCUT2D eigenvalue weighted by atomic mass is 32.1. The van der Waals surface area contributed by atoms with Crippen molar-refractivity contribution in [2.24, 2.45) is 5.92 Å². The second-order valence-corrected chi connectivity index (χ2v) is 9.86. The van der Waals surface area contributed by atoms with Crippen molar-refractivity contribution in [3.8, 4) is 5.75 Å². The summed E-state index contributed by atoms with van der Waals surface area (Å²) < 4.78 is 5.11. The van der Waals surface area contributed by atoms with Gasteiger partial charge in [0.2, 0.25) is 15.9 Å². The lowest BCUT2D eigenvalue weighted by Crippen LogP contribution is -2.47. The Balaban J connectivity index is 1.33. The van der Waals surface area contributed by atoms with Gasteiger partial charge in [0, 0.05) is 24.8 Å². The van der Waals surface area contributed by atoms with E-state index in [0.29, 0.717) is 24.5 Å². The summed E-state index contributed by atoms with van der Waals surface area (Å²) in [4.78, 5) is 40.1. The standard InChI is InChI=1S/C24H31N5O4S/c1-33-19-12-10-18(11-13-19)26-21(31)22-27-28-23(34-22)24(32)29-14-6-7-16(15-29)20(30)25-17-8-4-2-3-5-9-17/h10-13,16-17H,2-9,14-15H2,1H3,(H,25,30)(H,26,31)/t16-/m0/s1. The van der Waals surface area contributed by atoms with Gasteiger partial charge in [-0.05, 0) is 49.9 Å². The Hall–Kier alpha value is -3.01. The van der Waals surface area contributed by atoms with Gasteiger partial charge in [-0.3, -0.25) is 14.4 Å². The predicted octanol–water partition coefficient (Wildman–Crippen LogP) is 3.49. The first-order valence-electron chi connectivity index (χ1n) is 11.9. The van der Waals surface area contributed by atoms with E-state index < -0.39 is 5.91 Å². The number of carbonyl (C=O) groups is 3. The number of hydrogen-bond donors (Lipinski definition) is 2. The molecule has 2 heterocycles. The molecule has 182 valence electrons. The van der Waals surface area contributed by atoms with E-state index in [4.69, 9.17) is 4.74 Å². The van der Waals surface area contributed by atoms with Crippen molar-refractivity contribution in [1.82, 2.24) is 20.4 Å². The Kier molecular flexibility index (Phi) is 8.10. The molecule has 1 atom stereocenters. The number of aromatic nitrogens is 2. The van der Waals surface area contributed by atoms with E-state index in [9.17, 15) is 14.4 Å². The van der Waals surface area contributed by atoms with Gasteiger partial charge in [0.1, 0.15) is 5.75 Å². The number of amides is 3. The number of methoxy groups -OCH3 is 1. The van der Waals surface area contributed by atoms with Crippen LogP contribution in [-0.2, 0) is 4.79 Å². The minimum atomic E-state index is -0.430. The minimum absolute atomic E-state index is 0.0428. The highest BCUT2D eigenvalue weighted by Gasteiger charge is 2.31. The number of anilines is 1. The topological polar surface area (TPSA) is 114 Å². The number of nitrogens with zero attached hydrogens (tertiary/aromatic N) is 3. The Morgan fingerprint density at radius 3 is 2.38 bits per heavy atom. The molecule has 1 saturated carbocycles. The molecule has 1 aliphatic heterocycles. The van der Waals surface area contributed by atoms with Crippen LogP contribution in [0.3, 0.4) is 0 Å². The zero-order valence-electron chi connectivity index (χ0n) is 19.4. The van der Waals surface area contributed by atoms with E-state index in [-0.39, 0.29) is 33.8 Å². The first-order chi connectivity index (χ1) is 16.5. The largest absolute Gasteiger partial charge is 0.497 e. The summed E-state index contributed by atoms with van der Waals surface area (Å²) in [5.41, 5.74) is 0.590. The summed E-state index contributed by atoms with van der Waals surface area (Å²) in [6.07, 6.45) is 8.39. The zero-order valence-corrected chi connectivity index (χ0v) is 20.2. The number of hydrogen-bond acceptors (Lipinski definition) is 7. The summed E-state index contributed by atoms with van der Waals surface area (Å²) in [5.74, 6) is -0.202. The summed E-state index contributed by atoms with van der Waals surface area (Å²) in [6.45, 7) is 0.934. The number of carbonyl (C=O) groups excluding carboxylic acids is 3. The third kappa shape index (κ3) is 6.11. The number of likely N-dealkylation sites (tertiary alicyclic amines) is 1. The predicted molar refractivity (Wildman–Crippen MR) is 129 cm³/mol. The number of rotatable bonds is 6. The number of benzene rings is 1. The molecule has 4 rings (SSSR count). The average Bonchev–Trinajstić information content (AvgIpc) is 3.23. The molecular formula is C24H31N5O4S. The molecule has 10 heteroatoms. The lowest BCUT2D eigenvalue weighted by atomic mass is 9.96. The number of piperidine rings is 1. The van der Waals surface area contributed by atoms with Crippen molar-refractivity contribution in [1.29, 1.82) is 0 Å². The van der Waals surface area contributed by atoms with Gasteiger partial charge in [0.05, 0.1) is 13.0 Å². The molecule has 34 heavy (non-hydrogen) atoms. The Labute approximate surface area is 203 Å². The molecule has 1 saturated heterocycles. The lowest BCUT2D eigenvalue weighted by molar-refractivity contribution is -0.127. The molecule has 0 radical (unpaired) electrons. The highest BCUT2D eigenvalue weighted by molar-refractivity contribution is 7.15. The molecule has 0 spiro atoms. The average molecular weight is 486 g/mol. The quantitative estimate of drug-likeness (QED) is 0.606. The molecule has 2 fully saturated rings. The highest BCUT2D eigenvalue weighted by Crippen LogP contribution is 2.23. The first-order valence-corrected chi connectivity index (χ1v) is 12.7. The molecule has 0 unspecified atom stereocenters. The van der Waals surface area contributed by atoms with Gasteiger partial charge >= 0.3 is 0 Å². The smallest absolute Gasteiger partial charge is 0.286 e. The molecule has 9 nitrogen and oxygen atoms in total. The molecule has 1 aromatic carbocycles. The van der Waals surface area contributed by atoms with Gasteiger partial charge in [-0.15, -0.1) is 10.2 Å². The summed E-state index contributed by atoms with van der Waals surface area (Å²) >= 11 is 0.959. The SMILES string of the molecule is COc1ccc(NC(=O)c2nnc(C(=O)N3CCC[C@H](C(=O)NC4CCCCCC4)C3)s2)cc1. The zero-order chi connectivity index (χ0) is 23.9. The van der Waals surface area contributed by atoms with Crippen molar-refractivity contribution in [3.63, 3.8) is 0 Å². The monoisotopic (exact) mass is 485 g/mol. The van der Waals surface area contributed by atoms with Crippen LogP contribution in [0.5, 0.6) is 5.75 Å². The Morgan fingerprint density at radius 1 is 0.971 bits per heavy atom. The molecule has 2 aromatic rings. The van der Waals surface area contributed by atoms with Crippen molar-refractivity contribution in [2.75, 3.05) is 25.5 Å². The van der Waals surface area contributed by atoms with Crippen molar-refractivity contribution in [3.05, 3.63) is 34.3 Å². The van der Waals surface area contributed by atoms with Crippen LogP contribution in [0.25, 0.3) is 0 Å². The van der Waals surface area contributed by atoms with Gasteiger partial charge in [-0.1, -0.05) is 37.0 Å². The Morgan fingerprint density at radius 2 is 1.68 bits per heavy atom. The van der Waals surface area contributed by atoms with Crippen LogP contribution < -0.4 is 15.4 Å². The van der Waals surface area contributed by atoms with Gasteiger partial charge in [-0.2, -0.15) is 0 Å². The van der Waals surface area contributed by atoms with Crippen molar-refractivity contribution < 1.29 is 19.1 Å². The van der Waals surface area contributed by atoms with Crippen LogP contribution in [0.2, 0.25) is 0 Å². The number of ether oxygens (including phenoxy) is 1. The van der Waals surface area contributed by atoms with Crippen LogP contribution in [0, 0.1) is 5.92 Å². The first kappa shape index (κ1) is 24.1. The maximum Gasteiger partial charge on any atom is 0.286 e. The van der Waals surface area contributed by atoms with Crippen molar-refractivity contribution in [2.45, 2.75) is 57.4 Å².